The van der Waals surface area contributed by atoms with Crippen molar-refractivity contribution in [1.82, 2.24) is 4.98 Å². The standard InChI is InChI=1S/C15H10Br2N2OS/c1-8(20)18-14-10(6-9(16)7-11(14)17)15-19-12-4-2-3-5-13(12)21-15/h2-7H,1H3,(H,18,20). The average molecular weight is 426 g/mol. The lowest BCUT2D eigenvalue weighted by Crippen LogP contribution is -2.07. The van der Waals surface area contributed by atoms with Crippen LogP contribution in [0.4, 0.5) is 5.69 Å². The maximum absolute atomic E-state index is 11.4. The Morgan fingerprint density at radius 1 is 1.24 bits per heavy atom. The fourth-order valence-corrected chi connectivity index (χ4v) is 4.35. The van der Waals surface area contributed by atoms with E-state index in [0.29, 0.717) is 0 Å². The number of nitrogens with one attached hydrogen (secondary N) is 1. The van der Waals surface area contributed by atoms with Gasteiger partial charge in [0.2, 0.25) is 5.91 Å². The predicted molar refractivity (Wildman–Crippen MR) is 94.8 cm³/mol. The molecule has 6 heteroatoms. The number of carbonyl (C=O) groups excluding carboxylic acids is 1. The molecule has 1 aromatic heterocycles. The van der Waals surface area contributed by atoms with Gasteiger partial charge in [-0.15, -0.1) is 11.3 Å². The Bertz CT molecular complexity index is 812. The minimum atomic E-state index is -0.111. The molecule has 1 amide bonds. The maximum atomic E-state index is 11.4. The zero-order chi connectivity index (χ0) is 15.0. The largest absolute Gasteiger partial charge is 0.325 e. The number of rotatable bonds is 2. The molecule has 3 nitrogen and oxygen atoms in total. The molecule has 2 aromatic carbocycles. The first kappa shape index (κ1) is 14.7. The number of aromatic nitrogens is 1. The second-order valence-corrected chi connectivity index (χ2v) is 7.28. The van der Waals surface area contributed by atoms with E-state index in [9.17, 15) is 4.79 Å². The lowest BCUT2D eigenvalue weighted by Gasteiger charge is -2.11. The normalized spacial score (nSPS) is 10.8. The van der Waals surface area contributed by atoms with Crippen molar-refractivity contribution in [2.75, 3.05) is 5.32 Å². The Balaban J connectivity index is 2.22. The minimum absolute atomic E-state index is 0.111. The van der Waals surface area contributed by atoms with Crippen LogP contribution in [-0.2, 0) is 4.79 Å². The third-order valence-corrected chi connectivity index (χ3v) is 5.03. The van der Waals surface area contributed by atoms with Gasteiger partial charge in [0.15, 0.2) is 0 Å². The van der Waals surface area contributed by atoms with Crippen LogP contribution in [0.1, 0.15) is 6.92 Å². The van der Waals surface area contributed by atoms with Gasteiger partial charge in [-0.3, -0.25) is 4.79 Å². The third kappa shape index (κ3) is 3.02. The highest BCUT2D eigenvalue weighted by molar-refractivity contribution is 9.11. The highest BCUT2D eigenvalue weighted by atomic mass is 79.9. The molecule has 0 aliphatic carbocycles. The van der Waals surface area contributed by atoms with Gasteiger partial charge in [0.05, 0.1) is 15.9 Å². The van der Waals surface area contributed by atoms with Gasteiger partial charge < -0.3 is 5.32 Å². The van der Waals surface area contributed by atoms with Crippen molar-refractivity contribution >= 4 is 65.0 Å². The SMILES string of the molecule is CC(=O)Nc1c(Br)cc(Br)cc1-c1nc2ccccc2s1. The number of halogens is 2. The highest BCUT2D eigenvalue weighted by Crippen LogP contribution is 2.40. The van der Waals surface area contributed by atoms with Gasteiger partial charge in [0.25, 0.3) is 0 Å². The first-order chi connectivity index (χ1) is 10.0. The van der Waals surface area contributed by atoms with Crippen LogP contribution in [0.15, 0.2) is 45.3 Å². The van der Waals surface area contributed by atoms with Gasteiger partial charge in [0, 0.05) is 21.4 Å². The van der Waals surface area contributed by atoms with E-state index in [2.05, 4.69) is 42.2 Å². The molecule has 3 aromatic rings. The zero-order valence-corrected chi connectivity index (χ0v) is 15.0. The van der Waals surface area contributed by atoms with E-state index in [0.717, 1.165) is 35.4 Å². The fourth-order valence-electron chi connectivity index (χ4n) is 2.03. The number of benzene rings is 2. The number of anilines is 1. The highest BCUT2D eigenvalue weighted by Gasteiger charge is 2.15. The molecule has 0 saturated heterocycles. The molecule has 106 valence electrons. The number of fused-ring (bicyclic) bond motifs is 1. The second-order valence-electron chi connectivity index (χ2n) is 4.48. The molecule has 3 rings (SSSR count). The van der Waals surface area contributed by atoms with Crippen molar-refractivity contribution in [3.8, 4) is 10.6 Å². The van der Waals surface area contributed by atoms with Crippen molar-refractivity contribution in [3.05, 3.63) is 45.3 Å². The third-order valence-electron chi connectivity index (χ3n) is 2.88. The molecule has 0 atom stereocenters. The van der Waals surface area contributed by atoms with Gasteiger partial charge >= 0.3 is 0 Å². The van der Waals surface area contributed by atoms with Gasteiger partial charge in [-0.25, -0.2) is 4.98 Å². The summed E-state index contributed by atoms with van der Waals surface area (Å²) in [5.74, 6) is -0.111. The van der Waals surface area contributed by atoms with E-state index in [1.54, 1.807) is 11.3 Å². The molecule has 0 radical (unpaired) electrons. The summed E-state index contributed by atoms with van der Waals surface area (Å²) in [6.45, 7) is 1.50. The summed E-state index contributed by atoms with van der Waals surface area (Å²) in [7, 11) is 0. The van der Waals surface area contributed by atoms with Crippen molar-refractivity contribution < 1.29 is 4.79 Å². The van der Waals surface area contributed by atoms with Crippen molar-refractivity contribution in [3.63, 3.8) is 0 Å². The number of amides is 1. The summed E-state index contributed by atoms with van der Waals surface area (Å²) in [4.78, 5) is 16.1. The van der Waals surface area contributed by atoms with Crippen LogP contribution in [0.5, 0.6) is 0 Å². The van der Waals surface area contributed by atoms with Crippen LogP contribution in [0.3, 0.4) is 0 Å². The van der Waals surface area contributed by atoms with E-state index in [-0.39, 0.29) is 5.91 Å². The molecule has 0 unspecified atom stereocenters. The molecule has 0 aliphatic heterocycles. The molecular weight excluding hydrogens is 416 g/mol. The lowest BCUT2D eigenvalue weighted by molar-refractivity contribution is -0.114. The summed E-state index contributed by atoms with van der Waals surface area (Å²) in [6.07, 6.45) is 0. The smallest absolute Gasteiger partial charge is 0.221 e. The average Bonchev–Trinajstić information content (AvgIpc) is 2.84. The fraction of sp³-hybridized carbons (Fsp3) is 0.0667. The van der Waals surface area contributed by atoms with Gasteiger partial charge in [0.1, 0.15) is 5.01 Å². The Morgan fingerprint density at radius 2 is 2.00 bits per heavy atom. The number of para-hydroxylation sites is 1. The van der Waals surface area contributed by atoms with Gasteiger partial charge in [-0.05, 0) is 40.2 Å². The molecule has 21 heavy (non-hydrogen) atoms. The molecular formula is C15H10Br2N2OS. The summed E-state index contributed by atoms with van der Waals surface area (Å²) in [5, 5.41) is 3.75. The number of hydrogen-bond acceptors (Lipinski definition) is 3. The Labute approximate surface area is 142 Å². The van der Waals surface area contributed by atoms with Crippen molar-refractivity contribution in [2.45, 2.75) is 6.92 Å². The summed E-state index contributed by atoms with van der Waals surface area (Å²) >= 11 is 8.59. The Morgan fingerprint density at radius 3 is 2.71 bits per heavy atom. The molecule has 0 aliphatic rings. The number of thiazole rings is 1. The summed E-state index contributed by atoms with van der Waals surface area (Å²) in [6, 6.07) is 11.9. The van der Waals surface area contributed by atoms with Gasteiger partial charge in [-0.2, -0.15) is 0 Å². The Kier molecular flexibility index (Phi) is 4.10. The van der Waals surface area contributed by atoms with E-state index < -0.39 is 0 Å². The predicted octanol–water partition coefficient (Wildman–Crippen LogP) is 5.45. The van der Waals surface area contributed by atoms with E-state index in [1.165, 1.54) is 6.92 Å². The van der Waals surface area contributed by atoms with Gasteiger partial charge in [-0.1, -0.05) is 28.1 Å². The number of carbonyl (C=O) groups is 1. The van der Waals surface area contributed by atoms with Crippen LogP contribution in [-0.4, -0.2) is 10.9 Å². The maximum Gasteiger partial charge on any atom is 0.221 e. The quantitative estimate of drug-likeness (QED) is 0.593. The number of nitrogens with zero attached hydrogens (tertiary/aromatic N) is 1. The van der Waals surface area contributed by atoms with Crippen molar-refractivity contribution in [1.29, 1.82) is 0 Å². The van der Waals surface area contributed by atoms with E-state index in [1.807, 2.05) is 36.4 Å². The molecule has 0 saturated carbocycles. The van der Waals surface area contributed by atoms with Crippen LogP contribution in [0.25, 0.3) is 20.8 Å². The molecule has 1 N–H and O–H groups in total. The first-order valence-electron chi connectivity index (χ1n) is 6.17. The number of hydrogen-bond donors (Lipinski definition) is 1. The summed E-state index contributed by atoms with van der Waals surface area (Å²) < 4.78 is 2.87. The molecule has 0 spiro atoms. The minimum Gasteiger partial charge on any atom is -0.325 e. The topological polar surface area (TPSA) is 42.0 Å². The monoisotopic (exact) mass is 424 g/mol. The first-order valence-corrected chi connectivity index (χ1v) is 8.57. The summed E-state index contributed by atoms with van der Waals surface area (Å²) in [5.41, 5.74) is 2.60. The van der Waals surface area contributed by atoms with Crippen LogP contribution >= 0.6 is 43.2 Å². The Hall–Kier alpha value is -1.24. The van der Waals surface area contributed by atoms with Crippen LogP contribution < -0.4 is 5.32 Å². The van der Waals surface area contributed by atoms with E-state index >= 15 is 0 Å². The van der Waals surface area contributed by atoms with Crippen LogP contribution in [0, 0.1) is 0 Å². The second kappa shape index (κ2) is 5.87. The zero-order valence-electron chi connectivity index (χ0n) is 11.0. The molecule has 0 bridgehead atoms. The van der Waals surface area contributed by atoms with Crippen LogP contribution in [0.2, 0.25) is 0 Å². The van der Waals surface area contributed by atoms with E-state index in [4.69, 9.17) is 0 Å². The molecule has 0 fully saturated rings. The molecule has 1 heterocycles. The lowest BCUT2D eigenvalue weighted by atomic mass is 10.2. The van der Waals surface area contributed by atoms with Crippen molar-refractivity contribution in [2.24, 2.45) is 0 Å².